The lowest BCUT2D eigenvalue weighted by Gasteiger charge is -2.52. The van der Waals surface area contributed by atoms with Crippen LogP contribution in [-0.4, -0.2) is 50.5 Å². The molecule has 3 N–H and O–H groups in total. The first-order valence-corrected chi connectivity index (χ1v) is 10.2. The molecule has 2 amide bonds. The first-order valence-electron chi connectivity index (χ1n) is 9.84. The number of nitrogens with one attached hydrogen (secondary N) is 3. The summed E-state index contributed by atoms with van der Waals surface area (Å²) in [6.07, 6.45) is 2.00. The van der Waals surface area contributed by atoms with Crippen LogP contribution in [0.15, 0.2) is 18.2 Å². The molecule has 3 fully saturated rings. The number of benzene rings is 1. The molecule has 3 aliphatic rings. The molecule has 0 atom stereocenters. The summed E-state index contributed by atoms with van der Waals surface area (Å²) < 4.78 is 18.8. The van der Waals surface area contributed by atoms with E-state index in [9.17, 15) is 18.8 Å². The van der Waals surface area contributed by atoms with Crippen LogP contribution in [0.2, 0.25) is 5.02 Å². The lowest BCUT2D eigenvalue weighted by atomic mass is 9.60. The largest absolute Gasteiger partial charge is 0.484 e. The lowest BCUT2D eigenvalue weighted by molar-refractivity contribution is -0.140. The van der Waals surface area contributed by atoms with E-state index >= 15 is 0 Å². The van der Waals surface area contributed by atoms with Crippen molar-refractivity contribution in [1.82, 2.24) is 25.8 Å². The summed E-state index contributed by atoms with van der Waals surface area (Å²) in [6.45, 7) is 1.33. The lowest BCUT2D eigenvalue weighted by Crippen LogP contribution is -2.68. The normalized spacial score (nSPS) is 24.7. The number of ketones is 1. The van der Waals surface area contributed by atoms with Crippen LogP contribution in [0.25, 0.3) is 0 Å². The maximum absolute atomic E-state index is 13.5. The zero-order valence-corrected chi connectivity index (χ0v) is 17.5. The van der Waals surface area contributed by atoms with Crippen molar-refractivity contribution in [2.45, 2.75) is 50.1 Å². The van der Waals surface area contributed by atoms with Crippen LogP contribution in [0.4, 0.5) is 4.39 Å². The standard InChI is InChI=1S/C20H21ClFN5O4/c1-11-23-17(27-26-11)18(30)25-19-4-6-20(7-5-19,15(28)9-19)24-16(29)10-31-12-2-3-13(21)14(22)8-12/h2-3,8H,4-7,9-10H2,1H3,(H,24,29)(H,25,30)(H,23,26,27). The quantitative estimate of drug-likeness (QED) is 0.618. The molecule has 3 aliphatic carbocycles. The SMILES string of the molecule is Cc1nc(C(=O)NC23CCC(NC(=O)COc4ccc(Cl)c(F)c4)(CC2)C(=O)C3)n[nH]1. The predicted molar refractivity (Wildman–Crippen MR) is 107 cm³/mol. The van der Waals surface area contributed by atoms with Gasteiger partial charge in [0.15, 0.2) is 12.4 Å². The van der Waals surface area contributed by atoms with E-state index < -0.39 is 28.7 Å². The Morgan fingerprint density at radius 1 is 1.26 bits per heavy atom. The van der Waals surface area contributed by atoms with Crippen molar-refractivity contribution < 1.29 is 23.5 Å². The highest BCUT2D eigenvalue weighted by atomic mass is 35.5. The minimum atomic E-state index is -0.973. The number of amides is 2. The van der Waals surface area contributed by atoms with E-state index in [4.69, 9.17) is 16.3 Å². The van der Waals surface area contributed by atoms with Crippen molar-refractivity contribution in [2.24, 2.45) is 0 Å². The van der Waals surface area contributed by atoms with Gasteiger partial charge in [0, 0.05) is 18.0 Å². The number of nitrogens with zero attached hydrogens (tertiary/aromatic N) is 2. The van der Waals surface area contributed by atoms with E-state index in [1.807, 2.05) is 0 Å². The van der Waals surface area contributed by atoms with E-state index in [2.05, 4.69) is 25.8 Å². The number of hydrogen-bond donors (Lipinski definition) is 3. The highest BCUT2D eigenvalue weighted by molar-refractivity contribution is 6.30. The Hall–Kier alpha value is -3.01. The Balaban J connectivity index is 1.35. The number of carbonyl (C=O) groups is 3. The molecule has 11 heteroatoms. The molecule has 2 aromatic rings. The number of hydrogen-bond acceptors (Lipinski definition) is 6. The van der Waals surface area contributed by atoms with Crippen LogP contribution in [-0.2, 0) is 9.59 Å². The molecule has 1 heterocycles. The molecule has 0 spiro atoms. The molecule has 0 radical (unpaired) electrons. The van der Waals surface area contributed by atoms with Crippen LogP contribution < -0.4 is 15.4 Å². The number of aryl methyl sites for hydroxylation is 1. The van der Waals surface area contributed by atoms with E-state index in [1.54, 1.807) is 6.92 Å². The van der Waals surface area contributed by atoms with Gasteiger partial charge in [0.2, 0.25) is 5.82 Å². The van der Waals surface area contributed by atoms with E-state index in [-0.39, 0.29) is 35.4 Å². The zero-order valence-electron chi connectivity index (χ0n) is 16.8. The fourth-order valence-electron chi connectivity index (χ4n) is 4.21. The third kappa shape index (κ3) is 4.25. The van der Waals surface area contributed by atoms with Gasteiger partial charge in [-0.1, -0.05) is 11.6 Å². The molecule has 1 aromatic heterocycles. The van der Waals surface area contributed by atoms with Crippen molar-refractivity contribution >= 4 is 29.2 Å². The number of halogens is 2. The fourth-order valence-corrected chi connectivity index (χ4v) is 4.33. The number of Topliss-reactive ketones (excluding diaryl/α,β-unsaturated/α-hetero) is 1. The summed E-state index contributed by atoms with van der Waals surface area (Å²) in [6, 6.07) is 3.88. The van der Waals surface area contributed by atoms with Crippen molar-refractivity contribution in [3.63, 3.8) is 0 Å². The third-order valence-corrected chi connectivity index (χ3v) is 6.22. The summed E-state index contributed by atoms with van der Waals surface area (Å²) >= 11 is 5.63. The first kappa shape index (κ1) is 21.2. The maximum atomic E-state index is 13.5. The molecule has 9 nitrogen and oxygen atoms in total. The number of aromatic amines is 1. The van der Waals surface area contributed by atoms with Crippen molar-refractivity contribution in [1.29, 1.82) is 0 Å². The van der Waals surface area contributed by atoms with Gasteiger partial charge in [0.25, 0.3) is 11.8 Å². The summed E-state index contributed by atoms with van der Waals surface area (Å²) in [7, 11) is 0. The Morgan fingerprint density at radius 3 is 2.61 bits per heavy atom. The molecule has 1 aromatic carbocycles. The Labute approximate surface area is 182 Å². The van der Waals surface area contributed by atoms with Gasteiger partial charge in [0.05, 0.1) is 10.6 Å². The van der Waals surface area contributed by atoms with Gasteiger partial charge >= 0.3 is 0 Å². The first-order chi connectivity index (χ1) is 14.7. The monoisotopic (exact) mass is 449 g/mol. The van der Waals surface area contributed by atoms with E-state index in [0.29, 0.717) is 31.5 Å². The van der Waals surface area contributed by atoms with Crippen LogP contribution in [0.3, 0.4) is 0 Å². The predicted octanol–water partition coefficient (Wildman–Crippen LogP) is 1.86. The van der Waals surface area contributed by atoms with Gasteiger partial charge in [-0.3, -0.25) is 19.5 Å². The molecule has 0 saturated heterocycles. The topological polar surface area (TPSA) is 126 Å². The number of H-pyrrole nitrogens is 1. The second kappa shape index (κ2) is 7.92. The summed E-state index contributed by atoms with van der Waals surface area (Å²) in [4.78, 5) is 41.8. The fraction of sp³-hybridized carbons (Fsp3) is 0.450. The number of fused-ring (bicyclic) bond motifs is 3. The highest BCUT2D eigenvalue weighted by Gasteiger charge is 2.55. The second-order valence-corrected chi connectivity index (χ2v) is 8.48. The van der Waals surface area contributed by atoms with Crippen molar-refractivity contribution in [3.05, 3.63) is 40.7 Å². The van der Waals surface area contributed by atoms with Gasteiger partial charge in [-0.25, -0.2) is 9.37 Å². The van der Waals surface area contributed by atoms with Crippen LogP contribution in [0.1, 0.15) is 48.5 Å². The number of aromatic nitrogens is 3. The number of rotatable bonds is 6. The highest BCUT2D eigenvalue weighted by Crippen LogP contribution is 2.45. The average Bonchev–Trinajstić information content (AvgIpc) is 3.17. The molecule has 2 bridgehead atoms. The summed E-state index contributed by atoms with van der Waals surface area (Å²) in [5.74, 6) is -0.967. The van der Waals surface area contributed by atoms with Gasteiger partial charge in [0.1, 0.15) is 17.4 Å². The molecule has 5 rings (SSSR count). The second-order valence-electron chi connectivity index (χ2n) is 8.07. The molecular formula is C20H21ClFN5O4. The summed E-state index contributed by atoms with van der Waals surface area (Å²) in [5.41, 5.74) is -1.63. The molecule has 0 aliphatic heterocycles. The van der Waals surface area contributed by atoms with Gasteiger partial charge in [-0.05, 0) is 44.7 Å². The number of ether oxygens (including phenoxy) is 1. The Kier molecular flexibility index (Phi) is 5.42. The van der Waals surface area contributed by atoms with Gasteiger partial charge < -0.3 is 15.4 Å². The molecule has 31 heavy (non-hydrogen) atoms. The maximum Gasteiger partial charge on any atom is 0.291 e. The molecular weight excluding hydrogens is 429 g/mol. The zero-order chi connectivity index (χ0) is 22.2. The van der Waals surface area contributed by atoms with Gasteiger partial charge in [-0.2, -0.15) is 0 Å². The van der Waals surface area contributed by atoms with Crippen LogP contribution >= 0.6 is 11.6 Å². The minimum Gasteiger partial charge on any atom is -0.484 e. The molecule has 3 saturated carbocycles. The van der Waals surface area contributed by atoms with E-state index in [0.717, 1.165) is 6.07 Å². The van der Waals surface area contributed by atoms with Crippen LogP contribution in [0.5, 0.6) is 5.75 Å². The average molecular weight is 450 g/mol. The Morgan fingerprint density at radius 2 is 2.00 bits per heavy atom. The van der Waals surface area contributed by atoms with Crippen LogP contribution in [0, 0.1) is 12.7 Å². The Bertz CT molecular complexity index is 1050. The summed E-state index contributed by atoms with van der Waals surface area (Å²) in [5, 5.41) is 12.1. The number of carbonyl (C=O) groups excluding carboxylic acids is 3. The molecule has 0 unspecified atom stereocenters. The van der Waals surface area contributed by atoms with Crippen molar-refractivity contribution in [3.8, 4) is 5.75 Å². The minimum absolute atomic E-state index is 0.0332. The van der Waals surface area contributed by atoms with Gasteiger partial charge in [-0.15, -0.1) is 5.10 Å². The molecule has 164 valence electrons. The third-order valence-electron chi connectivity index (χ3n) is 5.91. The smallest absolute Gasteiger partial charge is 0.291 e. The van der Waals surface area contributed by atoms with Crippen molar-refractivity contribution in [2.75, 3.05) is 6.61 Å². The van der Waals surface area contributed by atoms with E-state index in [1.165, 1.54) is 12.1 Å².